The molecule has 0 saturated heterocycles. The van der Waals surface area contributed by atoms with Gasteiger partial charge in [-0.05, 0) is 0 Å². The highest BCUT2D eigenvalue weighted by Gasteiger charge is 2.05. The molecular weight excluding hydrogens is 210 g/mol. The number of aromatic amines is 1. The van der Waals surface area contributed by atoms with E-state index in [1.54, 1.807) is 38.1 Å². The molecular formula is C9H15N5O2. The van der Waals surface area contributed by atoms with Crippen LogP contribution in [0.5, 0.6) is 0 Å². The predicted octanol–water partition coefficient (Wildman–Crippen LogP) is -1.04. The van der Waals surface area contributed by atoms with Gasteiger partial charge in [-0.1, -0.05) is 0 Å². The molecule has 1 heterocycles. The number of aromatic nitrogens is 2. The van der Waals surface area contributed by atoms with Gasteiger partial charge >= 0.3 is 5.69 Å². The lowest BCUT2D eigenvalue weighted by molar-refractivity contribution is 0.637. The molecule has 16 heavy (non-hydrogen) atoms. The zero-order valence-corrected chi connectivity index (χ0v) is 9.76. The van der Waals surface area contributed by atoms with Crippen molar-refractivity contribution in [2.75, 3.05) is 33.2 Å². The number of H-pyrrole nitrogens is 1. The predicted molar refractivity (Wildman–Crippen MR) is 63.2 cm³/mol. The van der Waals surface area contributed by atoms with Gasteiger partial charge in [-0.2, -0.15) is 4.68 Å². The van der Waals surface area contributed by atoms with Crippen LogP contribution in [-0.4, -0.2) is 49.1 Å². The van der Waals surface area contributed by atoms with Gasteiger partial charge in [-0.15, -0.1) is 0 Å². The van der Waals surface area contributed by atoms with E-state index in [0.29, 0.717) is 0 Å². The lowest BCUT2D eigenvalue weighted by atomic mass is 10.6. The first-order valence-corrected chi connectivity index (χ1v) is 4.66. The topological polar surface area (TPSA) is 73.7 Å². The molecule has 1 aromatic rings. The molecule has 0 spiro atoms. The Morgan fingerprint density at radius 3 is 2.44 bits per heavy atom. The van der Waals surface area contributed by atoms with Gasteiger partial charge in [0.25, 0.3) is 5.56 Å². The van der Waals surface area contributed by atoms with E-state index in [9.17, 15) is 9.59 Å². The molecule has 1 N–H and O–H groups in total. The summed E-state index contributed by atoms with van der Waals surface area (Å²) < 4.78 is 1.27. The molecule has 7 heteroatoms. The second kappa shape index (κ2) is 4.65. The Kier molecular flexibility index (Phi) is 3.49. The van der Waals surface area contributed by atoms with E-state index in [0.717, 1.165) is 0 Å². The number of hydrogen-bond acceptors (Lipinski definition) is 4. The average molecular weight is 225 g/mol. The first-order chi connectivity index (χ1) is 7.41. The second-order valence-electron chi connectivity index (χ2n) is 3.66. The molecule has 7 nitrogen and oxygen atoms in total. The van der Waals surface area contributed by atoms with Gasteiger partial charge in [0, 0.05) is 34.3 Å². The third-order valence-electron chi connectivity index (χ3n) is 1.72. The van der Waals surface area contributed by atoms with Gasteiger partial charge in [0.15, 0.2) is 5.82 Å². The minimum Gasteiger partial charge on any atom is -0.369 e. The fourth-order valence-electron chi connectivity index (χ4n) is 1.13. The summed E-state index contributed by atoms with van der Waals surface area (Å²) in [5, 5.41) is 1.54. The van der Waals surface area contributed by atoms with Crippen LogP contribution in [0.15, 0.2) is 20.6 Å². The summed E-state index contributed by atoms with van der Waals surface area (Å²) in [6, 6.07) is 1.27. The normalized spacial score (nSPS) is 10.8. The van der Waals surface area contributed by atoms with Crippen LogP contribution in [0.1, 0.15) is 0 Å². The molecule has 0 saturated carbocycles. The Hall–Kier alpha value is -2.05. The fourth-order valence-corrected chi connectivity index (χ4v) is 1.13. The summed E-state index contributed by atoms with van der Waals surface area (Å²) in [4.78, 5) is 30.6. The minimum absolute atomic E-state index is 0.285. The number of aliphatic imine (C=N–C) groups is 1. The molecule has 0 aromatic carbocycles. The summed E-state index contributed by atoms with van der Waals surface area (Å²) >= 11 is 0. The molecule has 0 aliphatic carbocycles. The molecule has 0 bridgehead atoms. The first-order valence-electron chi connectivity index (χ1n) is 4.66. The van der Waals surface area contributed by atoms with E-state index < -0.39 is 11.2 Å². The molecule has 0 radical (unpaired) electrons. The molecule has 0 aliphatic rings. The lowest BCUT2D eigenvalue weighted by Crippen LogP contribution is -2.40. The van der Waals surface area contributed by atoms with Crippen LogP contribution < -0.4 is 16.3 Å². The van der Waals surface area contributed by atoms with E-state index in [1.807, 2.05) is 0 Å². The zero-order valence-electron chi connectivity index (χ0n) is 9.76. The van der Waals surface area contributed by atoms with Crippen molar-refractivity contribution in [3.8, 4) is 0 Å². The van der Waals surface area contributed by atoms with Gasteiger partial charge < -0.3 is 9.91 Å². The van der Waals surface area contributed by atoms with Crippen molar-refractivity contribution < 1.29 is 0 Å². The summed E-state index contributed by atoms with van der Waals surface area (Å²) in [7, 11) is 6.98. The standard InChI is InChI=1S/C9H15N5O2/c1-12(2)6-10-7-5-8(15)11-9(16)14(7)13(3)4/h5-6H,1-4H3,(H,11,15,16). The van der Waals surface area contributed by atoms with Crippen molar-refractivity contribution in [2.45, 2.75) is 0 Å². The Labute approximate surface area is 92.6 Å². The number of rotatable bonds is 3. The lowest BCUT2D eigenvalue weighted by Gasteiger charge is -2.17. The molecule has 0 aliphatic heterocycles. The van der Waals surface area contributed by atoms with Crippen LogP contribution in [0.3, 0.4) is 0 Å². The van der Waals surface area contributed by atoms with Crippen LogP contribution in [0.2, 0.25) is 0 Å². The fraction of sp³-hybridized carbons (Fsp3) is 0.444. The summed E-state index contributed by atoms with van der Waals surface area (Å²) in [6.45, 7) is 0. The van der Waals surface area contributed by atoms with Crippen molar-refractivity contribution in [1.82, 2.24) is 14.6 Å². The van der Waals surface area contributed by atoms with Crippen LogP contribution in [0, 0.1) is 0 Å². The van der Waals surface area contributed by atoms with Gasteiger partial charge in [0.05, 0.1) is 6.34 Å². The van der Waals surface area contributed by atoms with E-state index in [4.69, 9.17) is 0 Å². The monoisotopic (exact) mass is 225 g/mol. The Morgan fingerprint density at radius 1 is 1.31 bits per heavy atom. The summed E-state index contributed by atoms with van der Waals surface area (Å²) in [5.74, 6) is 0.285. The third-order valence-corrected chi connectivity index (χ3v) is 1.72. The number of hydrogen-bond donors (Lipinski definition) is 1. The largest absolute Gasteiger partial charge is 0.369 e. The van der Waals surface area contributed by atoms with E-state index in [2.05, 4.69) is 9.98 Å². The van der Waals surface area contributed by atoms with E-state index in [1.165, 1.54) is 17.1 Å². The Morgan fingerprint density at radius 2 is 1.94 bits per heavy atom. The molecule has 1 aromatic heterocycles. The number of nitrogens with one attached hydrogen (secondary N) is 1. The number of nitrogens with zero attached hydrogens (tertiary/aromatic N) is 4. The van der Waals surface area contributed by atoms with Crippen molar-refractivity contribution in [3.05, 3.63) is 26.9 Å². The maximum Gasteiger partial charge on any atom is 0.349 e. The molecule has 88 valence electrons. The minimum atomic E-state index is -0.511. The third kappa shape index (κ3) is 2.72. The van der Waals surface area contributed by atoms with Crippen LogP contribution in [-0.2, 0) is 0 Å². The van der Waals surface area contributed by atoms with Gasteiger partial charge in [-0.25, -0.2) is 9.79 Å². The van der Waals surface area contributed by atoms with E-state index in [-0.39, 0.29) is 5.82 Å². The quantitative estimate of drug-likeness (QED) is 0.526. The summed E-state index contributed by atoms with van der Waals surface area (Å²) in [5.41, 5.74) is -0.975. The molecule has 0 atom stereocenters. The maximum atomic E-state index is 11.5. The van der Waals surface area contributed by atoms with Crippen molar-refractivity contribution in [3.63, 3.8) is 0 Å². The van der Waals surface area contributed by atoms with Crippen molar-refractivity contribution in [1.29, 1.82) is 0 Å². The maximum absolute atomic E-state index is 11.5. The Balaban J connectivity index is 3.36. The van der Waals surface area contributed by atoms with Gasteiger partial charge in [-0.3, -0.25) is 9.78 Å². The molecule has 0 amide bonds. The van der Waals surface area contributed by atoms with Crippen molar-refractivity contribution in [2.24, 2.45) is 4.99 Å². The SMILES string of the molecule is CN(C)C=Nc1cc(=O)[nH]c(=O)n1N(C)C. The molecule has 0 fully saturated rings. The van der Waals surface area contributed by atoms with Gasteiger partial charge in [0.1, 0.15) is 0 Å². The highest BCUT2D eigenvalue weighted by atomic mass is 16.2. The smallest absolute Gasteiger partial charge is 0.349 e. The zero-order chi connectivity index (χ0) is 12.3. The van der Waals surface area contributed by atoms with Gasteiger partial charge in [0.2, 0.25) is 0 Å². The highest BCUT2D eigenvalue weighted by molar-refractivity contribution is 5.59. The Bertz CT molecular complexity index is 497. The highest BCUT2D eigenvalue weighted by Crippen LogP contribution is 2.03. The van der Waals surface area contributed by atoms with E-state index >= 15 is 0 Å². The first kappa shape index (κ1) is 12.0. The van der Waals surface area contributed by atoms with Crippen LogP contribution in [0.4, 0.5) is 5.82 Å². The second-order valence-corrected chi connectivity index (χ2v) is 3.66. The molecule has 0 unspecified atom stereocenters. The van der Waals surface area contributed by atoms with Crippen molar-refractivity contribution >= 4 is 12.2 Å². The van der Waals surface area contributed by atoms with Crippen LogP contribution >= 0.6 is 0 Å². The molecule has 1 rings (SSSR count). The average Bonchev–Trinajstić information content (AvgIpc) is 2.12. The van der Waals surface area contributed by atoms with Crippen LogP contribution in [0.25, 0.3) is 0 Å². The summed E-state index contributed by atoms with van der Waals surface area (Å²) in [6.07, 6.45) is 1.52.